The molecular weight excluding hydrogens is 313 g/mol. The molecule has 23 heavy (non-hydrogen) atoms. The Balaban J connectivity index is 1.98. The van der Waals surface area contributed by atoms with Crippen molar-refractivity contribution in [2.24, 2.45) is 5.73 Å². The number of ether oxygens (including phenoxy) is 1. The molecule has 0 aliphatic rings. The number of amides is 1. The lowest BCUT2D eigenvalue weighted by Crippen LogP contribution is -2.11. The first-order valence-electron chi connectivity index (χ1n) is 6.36. The largest absolute Gasteiger partial charge is 0.457 e. The number of halogens is 3. The van der Waals surface area contributed by atoms with Gasteiger partial charge in [-0.15, -0.1) is 0 Å². The third-order valence-corrected chi connectivity index (χ3v) is 2.90. The SMILES string of the molecule is NC(=O)c1ccc(COC(=O)c2ccc(C(F)(F)F)nc2)cc1. The first kappa shape index (κ1) is 16.5. The summed E-state index contributed by atoms with van der Waals surface area (Å²) in [5.41, 5.74) is 4.83. The van der Waals surface area contributed by atoms with Crippen molar-refractivity contribution >= 4 is 11.9 Å². The van der Waals surface area contributed by atoms with Crippen LogP contribution in [0.15, 0.2) is 42.6 Å². The zero-order valence-electron chi connectivity index (χ0n) is 11.6. The van der Waals surface area contributed by atoms with Gasteiger partial charge in [-0.1, -0.05) is 12.1 Å². The number of rotatable bonds is 4. The summed E-state index contributed by atoms with van der Waals surface area (Å²) < 4.78 is 42.1. The monoisotopic (exact) mass is 324 g/mol. The van der Waals surface area contributed by atoms with Crippen LogP contribution in [0, 0.1) is 0 Å². The van der Waals surface area contributed by atoms with Crippen LogP contribution in [0.25, 0.3) is 0 Å². The Kier molecular flexibility index (Phi) is 4.63. The number of primary amides is 1. The molecular formula is C15H11F3N2O3. The van der Waals surface area contributed by atoms with Crippen molar-refractivity contribution in [3.05, 3.63) is 65.0 Å². The van der Waals surface area contributed by atoms with E-state index in [4.69, 9.17) is 10.5 Å². The Hall–Kier alpha value is -2.90. The van der Waals surface area contributed by atoms with Gasteiger partial charge < -0.3 is 10.5 Å². The van der Waals surface area contributed by atoms with Crippen LogP contribution in [0.4, 0.5) is 13.2 Å². The highest BCUT2D eigenvalue weighted by Gasteiger charge is 2.32. The van der Waals surface area contributed by atoms with Gasteiger partial charge in [-0.25, -0.2) is 4.79 Å². The molecule has 1 heterocycles. The van der Waals surface area contributed by atoms with Crippen LogP contribution < -0.4 is 5.73 Å². The second kappa shape index (κ2) is 6.47. The molecule has 5 nitrogen and oxygen atoms in total. The smallest absolute Gasteiger partial charge is 0.433 e. The number of nitrogens with zero attached hydrogens (tertiary/aromatic N) is 1. The molecule has 8 heteroatoms. The number of hydrogen-bond donors (Lipinski definition) is 1. The quantitative estimate of drug-likeness (QED) is 0.876. The van der Waals surface area contributed by atoms with Gasteiger partial charge in [0.25, 0.3) is 0 Å². The summed E-state index contributed by atoms with van der Waals surface area (Å²) in [6, 6.07) is 7.76. The maximum absolute atomic E-state index is 12.4. The molecule has 0 radical (unpaired) electrons. The fourth-order valence-electron chi connectivity index (χ4n) is 1.68. The second-order valence-corrected chi connectivity index (χ2v) is 4.57. The van der Waals surface area contributed by atoms with Gasteiger partial charge in [0, 0.05) is 11.8 Å². The maximum Gasteiger partial charge on any atom is 0.433 e. The molecule has 2 rings (SSSR count). The lowest BCUT2D eigenvalue weighted by Gasteiger charge is -2.07. The molecule has 120 valence electrons. The Bertz CT molecular complexity index is 710. The van der Waals surface area contributed by atoms with Gasteiger partial charge in [0.2, 0.25) is 5.91 Å². The molecule has 0 bridgehead atoms. The number of carbonyl (C=O) groups is 2. The van der Waals surface area contributed by atoms with E-state index in [1.807, 2.05) is 0 Å². The molecule has 2 N–H and O–H groups in total. The normalized spacial score (nSPS) is 11.1. The Labute approximate surface area is 128 Å². The molecule has 0 aliphatic carbocycles. The molecule has 1 aromatic carbocycles. The van der Waals surface area contributed by atoms with E-state index in [1.165, 1.54) is 12.1 Å². The third kappa shape index (κ3) is 4.29. The topological polar surface area (TPSA) is 82.3 Å². The Morgan fingerprint density at radius 1 is 1.04 bits per heavy atom. The van der Waals surface area contributed by atoms with E-state index in [0.717, 1.165) is 12.3 Å². The van der Waals surface area contributed by atoms with E-state index in [-0.39, 0.29) is 12.2 Å². The van der Waals surface area contributed by atoms with Gasteiger partial charge >= 0.3 is 12.1 Å². The number of aromatic nitrogens is 1. The second-order valence-electron chi connectivity index (χ2n) is 4.57. The van der Waals surface area contributed by atoms with Crippen molar-refractivity contribution in [3.63, 3.8) is 0 Å². The first-order valence-corrected chi connectivity index (χ1v) is 6.36. The van der Waals surface area contributed by atoms with Crippen LogP contribution in [0.1, 0.15) is 32.0 Å². The zero-order valence-corrected chi connectivity index (χ0v) is 11.6. The van der Waals surface area contributed by atoms with Gasteiger partial charge in [-0.2, -0.15) is 13.2 Å². The number of benzene rings is 1. The van der Waals surface area contributed by atoms with Crippen LogP contribution >= 0.6 is 0 Å². The van der Waals surface area contributed by atoms with E-state index in [2.05, 4.69) is 4.98 Å². The summed E-state index contributed by atoms with van der Waals surface area (Å²) in [6.07, 6.45) is -3.76. The van der Waals surface area contributed by atoms with Gasteiger partial charge in [0.1, 0.15) is 12.3 Å². The van der Waals surface area contributed by atoms with Crippen LogP contribution in [0.2, 0.25) is 0 Å². The summed E-state index contributed by atoms with van der Waals surface area (Å²) in [6.45, 7) is -0.0983. The summed E-state index contributed by atoms with van der Waals surface area (Å²) in [7, 11) is 0. The standard InChI is InChI=1S/C15H11F3N2O3/c16-15(17,18)12-6-5-11(7-20-12)14(22)23-8-9-1-3-10(4-2-9)13(19)21/h1-7H,8H2,(H2,19,21). The average molecular weight is 324 g/mol. The van der Waals surface area contributed by atoms with Crippen molar-refractivity contribution in [3.8, 4) is 0 Å². The van der Waals surface area contributed by atoms with E-state index < -0.39 is 23.7 Å². The Morgan fingerprint density at radius 2 is 1.65 bits per heavy atom. The zero-order chi connectivity index (χ0) is 17.0. The van der Waals surface area contributed by atoms with Crippen molar-refractivity contribution in [2.45, 2.75) is 12.8 Å². The lowest BCUT2D eigenvalue weighted by molar-refractivity contribution is -0.141. The molecule has 0 fully saturated rings. The number of hydrogen-bond acceptors (Lipinski definition) is 4. The predicted octanol–water partition coefficient (Wildman–Crippen LogP) is 2.56. The van der Waals surface area contributed by atoms with Gasteiger partial charge in [-0.3, -0.25) is 9.78 Å². The number of pyridine rings is 1. The fourth-order valence-corrected chi connectivity index (χ4v) is 1.68. The number of esters is 1. The first-order chi connectivity index (χ1) is 10.8. The van der Waals surface area contributed by atoms with Gasteiger partial charge in [0.05, 0.1) is 5.56 Å². The summed E-state index contributed by atoms with van der Waals surface area (Å²) in [4.78, 5) is 25.8. The molecule has 1 amide bonds. The minimum Gasteiger partial charge on any atom is -0.457 e. The van der Waals surface area contributed by atoms with Crippen molar-refractivity contribution in [1.29, 1.82) is 0 Å². The van der Waals surface area contributed by atoms with Gasteiger partial charge in [0.15, 0.2) is 0 Å². The minimum atomic E-state index is -4.56. The maximum atomic E-state index is 12.4. The van der Waals surface area contributed by atoms with Crippen LogP contribution in [0.3, 0.4) is 0 Å². The molecule has 0 atom stereocenters. The van der Waals surface area contributed by atoms with E-state index in [0.29, 0.717) is 17.2 Å². The van der Waals surface area contributed by atoms with E-state index in [9.17, 15) is 22.8 Å². The highest BCUT2D eigenvalue weighted by molar-refractivity contribution is 5.92. The number of nitrogens with two attached hydrogens (primary N) is 1. The molecule has 0 unspecified atom stereocenters. The summed E-state index contributed by atoms with van der Waals surface area (Å²) >= 11 is 0. The lowest BCUT2D eigenvalue weighted by atomic mass is 10.1. The number of alkyl halides is 3. The predicted molar refractivity (Wildman–Crippen MR) is 73.3 cm³/mol. The molecule has 1 aromatic heterocycles. The van der Waals surface area contributed by atoms with Gasteiger partial charge in [-0.05, 0) is 29.8 Å². The highest BCUT2D eigenvalue weighted by Crippen LogP contribution is 2.27. The highest BCUT2D eigenvalue weighted by atomic mass is 19.4. The molecule has 0 saturated heterocycles. The van der Waals surface area contributed by atoms with Crippen molar-refractivity contribution in [1.82, 2.24) is 4.98 Å². The molecule has 0 aliphatic heterocycles. The summed E-state index contributed by atoms with van der Waals surface area (Å²) in [5, 5.41) is 0. The summed E-state index contributed by atoms with van der Waals surface area (Å²) in [5.74, 6) is -1.38. The van der Waals surface area contributed by atoms with Crippen LogP contribution in [-0.2, 0) is 17.5 Å². The van der Waals surface area contributed by atoms with Crippen LogP contribution in [0.5, 0.6) is 0 Å². The third-order valence-electron chi connectivity index (χ3n) is 2.90. The molecule has 2 aromatic rings. The van der Waals surface area contributed by atoms with Crippen molar-refractivity contribution < 1.29 is 27.5 Å². The fraction of sp³-hybridized carbons (Fsp3) is 0.133. The van der Waals surface area contributed by atoms with Crippen LogP contribution in [-0.4, -0.2) is 16.9 Å². The van der Waals surface area contributed by atoms with E-state index in [1.54, 1.807) is 12.1 Å². The Morgan fingerprint density at radius 3 is 2.13 bits per heavy atom. The minimum absolute atomic E-state index is 0.0910. The molecule has 0 saturated carbocycles. The molecule has 0 spiro atoms. The average Bonchev–Trinajstić information content (AvgIpc) is 2.52. The van der Waals surface area contributed by atoms with E-state index >= 15 is 0 Å². The number of carbonyl (C=O) groups excluding carboxylic acids is 2. The van der Waals surface area contributed by atoms with Crippen molar-refractivity contribution in [2.75, 3.05) is 0 Å².